The molecule has 2 rings (SSSR count). The van der Waals surface area contributed by atoms with Crippen LogP contribution in [0.2, 0.25) is 0 Å². The van der Waals surface area contributed by atoms with Crippen molar-refractivity contribution in [3.8, 4) is 11.5 Å². The van der Waals surface area contributed by atoms with E-state index in [9.17, 15) is 4.39 Å². The highest BCUT2D eigenvalue weighted by Gasteiger charge is 2.09. The molecule has 1 heterocycles. The fourth-order valence-corrected chi connectivity index (χ4v) is 2.04. The quantitative estimate of drug-likeness (QED) is 0.606. The Kier molecular flexibility index (Phi) is 4.15. The second kappa shape index (κ2) is 5.82. The summed E-state index contributed by atoms with van der Waals surface area (Å²) >= 11 is 1.44. The van der Waals surface area contributed by atoms with E-state index < -0.39 is 0 Å². The van der Waals surface area contributed by atoms with Gasteiger partial charge in [0.15, 0.2) is 0 Å². The first-order chi connectivity index (χ1) is 8.69. The topological polar surface area (TPSA) is 38.9 Å². The van der Waals surface area contributed by atoms with E-state index in [0.717, 1.165) is 17.7 Å². The van der Waals surface area contributed by atoms with Crippen molar-refractivity contribution in [3.05, 3.63) is 42.2 Å². The van der Waals surface area contributed by atoms with Gasteiger partial charge in [-0.05, 0) is 24.6 Å². The number of hydrogen-bond acceptors (Lipinski definition) is 4. The van der Waals surface area contributed by atoms with Gasteiger partial charge in [0.25, 0.3) is 5.22 Å². The van der Waals surface area contributed by atoms with Crippen LogP contribution in [-0.4, -0.2) is 16.0 Å². The molecule has 1 aromatic heterocycles. The molecule has 0 radical (unpaired) electrons. The minimum absolute atomic E-state index is 0.320. The van der Waals surface area contributed by atoms with Crippen molar-refractivity contribution < 1.29 is 8.81 Å². The van der Waals surface area contributed by atoms with Crippen molar-refractivity contribution >= 4 is 11.8 Å². The molecule has 0 fully saturated rings. The number of aromatic nitrogens is 2. The third-order valence-corrected chi connectivity index (χ3v) is 3.34. The molecule has 0 saturated heterocycles. The molecule has 0 bridgehead atoms. The van der Waals surface area contributed by atoms with Gasteiger partial charge in [-0.3, -0.25) is 0 Å². The highest BCUT2D eigenvalue weighted by atomic mass is 32.2. The Labute approximate surface area is 109 Å². The van der Waals surface area contributed by atoms with E-state index in [0.29, 0.717) is 16.7 Å². The minimum atomic E-state index is -0.320. The van der Waals surface area contributed by atoms with Crippen LogP contribution in [0.15, 0.2) is 46.1 Å². The van der Waals surface area contributed by atoms with E-state index in [1.54, 1.807) is 12.1 Å². The summed E-state index contributed by atoms with van der Waals surface area (Å²) in [5.41, 5.74) is 1.70. The second-order valence-corrected chi connectivity index (χ2v) is 4.70. The SMILES string of the molecule is C=C(CC)CSc1nnc(-c2cccc(F)c2)o1. The zero-order chi connectivity index (χ0) is 13.0. The summed E-state index contributed by atoms with van der Waals surface area (Å²) in [6, 6.07) is 6.09. The van der Waals surface area contributed by atoms with Crippen molar-refractivity contribution in [2.24, 2.45) is 0 Å². The van der Waals surface area contributed by atoms with Crippen LogP contribution in [0.25, 0.3) is 11.5 Å². The summed E-state index contributed by atoms with van der Waals surface area (Å²) < 4.78 is 18.5. The average Bonchev–Trinajstić information content (AvgIpc) is 2.84. The average molecular weight is 264 g/mol. The third-order valence-electron chi connectivity index (χ3n) is 2.38. The molecule has 0 spiro atoms. The zero-order valence-electron chi connectivity index (χ0n) is 10.0. The molecule has 0 unspecified atom stereocenters. The largest absolute Gasteiger partial charge is 0.411 e. The lowest BCUT2D eigenvalue weighted by Crippen LogP contribution is -1.82. The van der Waals surface area contributed by atoms with Crippen molar-refractivity contribution in [3.63, 3.8) is 0 Å². The maximum Gasteiger partial charge on any atom is 0.277 e. The molecule has 0 aliphatic rings. The lowest BCUT2D eigenvalue weighted by Gasteiger charge is -1.97. The van der Waals surface area contributed by atoms with Gasteiger partial charge in [-0.25, -0.2) is 4.39 Å². The van der Waals surface area contributed by atoms with Gasteiger partial charge in [0.05, 0.1) is 0 Å². The summed E-state index contributed by atoms with van der Waals surface area (Å²) in [4.78, 5) is 0. The molecule has 0 N–H and O–H groups in total. The van der Waals surface area contributed by atoms with Crippen LogP contribution >= 0.6 is 11.8 Å². The molecule has 1 aromatic carbocycles. The van der Waals surface area contributed by atoms with Gasteiger partial charge in [0.1, 0.15) is 5.82 Å². The monoisotopic (exact) mass is 264 g/mol. The summed E-state index contributed by atoms with van der Waals surface area (Å²) in [5, 5.41) is 8.28. The van der Waals surface area contributed by atoms with Gasteiger partial charge in [-0.15, -0.1) is 10.2 Å². The molecular weight excluding hydrogens is 251 g/mol. The van der Waals surface area contributed by atoms with E-state index in [4.69, 9.17) is 4.42 Å². The molecular formula is C13H13FN2OS. The molecule has 0 amide bonds. The predicted molar refractivity (Wildman–Crippen MR) is 69.8 cm³/mol. The Morgan fingerprint density at radius 1 is 1.44 bits per heavy atom. The van der Waals surface area contributed by atoms with Gasteiger partial charge in [0, 0.05) is 11.3 Å². The predicted octanol–water partition coefficient (Wildman–Crippen LogP) is 3.93. The van der Waals surface area contributed by atoms with Crippen LogP contribution in [0.3, 0.4) is 0 Å². The maximum absolute atomic E-state index is 13.1. The highest BCUT2D eigenvalue weighted by molar-refractivity contribution is 7.99. The molecule has 0 aliphatic carbocycles. The van der Waals surface area contributed by atoms with Gasteiger partial charge < -0.3 is 4.42 Å². The summed E-state index contributed by atoms with van der Waals surface area (Å²) in [5.74, 6) is 0.764. The number of halogens is 1. The molecule has 5 heteroatoms. The Hall–Kier alpha value is -1.62. The van der Waals surface area contributed by atoms with Crippen LogP contribution in [0, 0.1) is 5.82 Å². The molecule has 3 nitrogen and oxygen atoms in total. The van der Waals surface area contributed by atoms with Gasteiger partial charge in [-0.1, -0.05) is 36.9 Å². The molecule has 18 heavy (non-hydrogen) atoms. The second-order valence-electron chi connectivity index (χ2n) is 3.78. The number of nitrogens with zero attached hydrogens (tertiary/aromatic N) is 2. The first kappa shape index (κ1) is 12.8. The number of hydrogen-bond donors (Lipinski definition) is 0. The van der Waals surface area contributed by atoms with Crippen LogP contribution in [0.1, 0.15) is 13.3 Å². The van der Waals surface area contributed by atoms with E-state index in [1.165, 1.54) is 23.9 Å². The molecule has 0 saturated carbocycles. The Balaban J connectivity index is 2.08. The smallest absolute Gasteiger partial charge is 0.277 e. The van der Waals surface area contributed by atoms with E-state index in [1.807, 2.05) is 0 Å². The van der Waals surface area contributed by atoms with Crippen LogP contribution in [-0.2, 0) is 0 Å². The first-order valence-corrected chi connectivity index (χ1v) is 6.56. The summed E-state index contributed by atoms with van der Waals surface area (Å²) in [6.45, 7) is 5.96. The first-order valence-electron chi connectivity index (χ1n) is 5.58. The van der Waals surface area contributed by atoms with Crippen molar-refractivity contribution in [1.29, 1.82) is 0 Å². The van der Waals surface area contributed by atoms with Gasteiger partial charge in [0.2, 0.25) is 5.89 Å². The normalized spacial score (nSPS) is 10.6. The van der Waals surface area contributed by atoms with Gasteiger partial charge >= 0.3 is 0 Å². The van der Waals surface area contributed by atoms with E-state index in [-0.39, 0.29) is 5.82 Å². The fourth-order valence-electron chi connectivity index (χ4n) is 1.27. The van der Waals surface area contributed by atoms with Crippen molar-refractivity contribution in [1.82, 2.24) is 10.2 Å². The third kappa shape index (κ3) is 3.20. The lowest BCUT2D eigenvalue weighted by molar-refractivity contribution is 0.465. The van der Waals surface area contributed by atoms with Crippen LogP contribution < -0.4 is 0 Å². The number of benzene rings is 1. The van der Waals surface area contributed by atoms with Gasteiger partial charge in [-0.2, -0.15) is 0 Å². The van der Waals surface area contributed by atoms with Crippen molar-refractivity contribution in [2.75, 3.05) is 5.75 Å². The van der Waals surface area contributed by atoms with Crippen LogP contribution in [0.5, 0.6) is 0 Å². The van der Waals surface area contributed by atoms with Crippen LogP contribution in [0.4, 0.5) is 4.39 Å². The Morgan fingerprint density at radius 2 is 2.28 bits per heavy atom. The Bertz CT molecular complexity index is 553. The molecule has 0 atom stereocenters. The lowest BCUT2D eigenvalue weighted by atomic mass is 10.2. The van der Waals surface area contributed by atoms with E-state index in [2.05, 4.69) is 23.7 Å². The number of thioether (sulfide) groups is 1. The molecule has 0 aliphatic heterocycles. The standard InChI is InChI=1S/C13H13FN2OS/c1-3-9(2)8-18-13-16-15-12(17-13)10-5-4-6-11(14)7-10/h4-7H,2-3,8H2,1H3. The zero-order valence-corrected chi connectivity index (χ0v) is 10.8. The summed E-state index contributed by atoms with van der Waals surface area (Å²) in [6.07, 6.45) is 0.928. The van der Waals surface area contributed by atoms with Crippen molar-refractivity contribution in [2.45, 2.75) is 18.6 Å². The minimum Gasteiger partial charge on any atom is -0.411 e. The highest BCUT2D eigenvalue weighted by Crippen LogP contribution is 2.24. The van der Waals surface area contributed by atoms with E-state index >= 15 is 0 Å². The molecule has 94 valence electrons. The maximum atomic E-state index is 13.1. The summed E-state index contributed by atoms with van der Waals surface area (Å²) in [7, 11) is 0. The molecule has 2 aromatic rings. The number of rotatable bonds is 5. The fraction of sp³-hybridized carbons (Fsp3) is 0.231. The Morgan fingerprint density at radius 3 is 3.00 bits per heavy atom.